The van der Waals surface area contributed by atoms with Crippen LogP contribution in [-0.4, -0.2) is 5.91 Å². The highest BCUT2D eigenvalue weighted by Gasteiger charge is 2.07. The van der Waals surface area contributed by atoms with E-state index in [0.29, 0.717) is 11.4 Å². The molecule has 1 N–H and O–H groups in total. The van der Waals surface area contributed by atoms with Gasteiger partial charge in [0.1, 0.15) is 0 Å². The number of carbonyl (C=O) groups excluding carboxylic acids is 1. The molecule has 1 amide bonds. The van der Waals surface area contributed by atoms with E-state index in [-0.39, 0.29) is 5.91 Å². The van der Waals surface area contributed by atoms with Crippen molar-refractivity contribution in [1.82, 2.24) is 0 Å². The van der Waals surface area contributed by atoms with Crippen LogP contribution in [0, 0.1) is 3.57 Å². The Hall–Kier alpha value is -0.590. The summed E-state index contributed by atoms with van der Waals surface area (Å²) >= 11 is 11.4. The molecule has 0 aromatic heterocycles. The molecule has 0 saturated carbocycles. The third-order valence-electron chi connectivity index (χ3n) is 2.48. The van der Waals surface area contributed by atoms with Crippen LogP contribution in [0.15, 0.2) is 46.9 Å². The van der Waals surface area contributed by atoms with Crippen LogP contribution in [0.3, 0.4) is 0 Å². The summed E-state index contributed by atoms with van der Waals surface area (Å²) in [5.74, 6) is -0.0432. The molecule has 0 aliphatic heterocycles. The molecule has 0 radical (unpaired) electrons. The van der Waals surface area contributed by atoms with Gasteiger partial charge in [0, 0.05) is 13.1 Å². The van der Waals surface area contributed by atoms with Gasteiger partial charge in [-0.2, -0.15) is 0 Å². The van der Waals surface area contributed by atoms with E-state index in [2.05, 4.69) is 43.8 Å². The maximum absolute atomic E-state index is 12.0. The van der Waals surface area contributed by atoms with Gasteiger partial charge in [-0.05, 0) is 58.5 Å². The van der Waals surface area contributed by atoms with Crippen molar-refractivity contribution in [3.05, 3.63) is 61.1 Å². The molecule has 0 aliphatic rings. The topological polar surface area (TPSA) is 29.1 Å². The van der Waals surface area contributed by atoms with E-state index in [1.54, 1.807) is 12.1 Å². The van der Waals surface area contributed by atoms with E-state index >= 15 is 0 Å². The highest BCUT2D eigenvalue weighted by molar-refractivity contribution is 14.1. The summed E-state index contributed by atoms with van der Waals surface area (Å²) in [6, 6.07) is 13.1. The second kappa shape index (κ2) is 6.72. The Morgan fingerprint density at radius 2 is 1.89 bits per heavy atom. The van der Waals surface area contributed by atoms with Crippen LogP contribution in [0.25, 0.3) is 0 Å². The molecule has 0 atom stereocenters. The minimum atomic E-state index is -0.0432. The van der Waals surface area contributed by atoms with Gasteiger partial charge < -0.3 is 5.32 Å². The van der Waals surface area contributed by atoms with Crippen molar-refractivity contribution < 1.29 is 4.79 Å². The molecule has 2 aromatic rings. The number of halogens is 3. The minimum absolute atomic E-state index is 0.0432. The Morgan fingerprint density at radius 1 is 1.21 bits per heavy atom. The second-order valence-electron chi connectivity index (χ2n) is 3.98. The molecule has 0 aliphatic carbocycles. The van der Waals surface area contributed by atoms with E-state index in [4.69, 9.17) is 11.6 Å². The number of carbonyl (C=O) groups is 1. The first-order chi connectivity index (χ1) is 9.04. The summed E-state index contributed by atoms with van der Waals surface area (Å²) in [4.78, 5) is 12.0. The zero-order valence-corrected chi connectivity index (χ0v) is 14.3. The molecule has 0 heterocycles. The monoisotopic (exact) mass is 449 g/mol. The summed E-state index contributed by atoms with van der Waals surface area (Å²) in [5.41, 5.74) is 1.75. The SMILES string of the molecule is O=C(Cc1ccc(Cl)cc1)Nc1cc(Br)ccc1I. The van der Waals surface area contributed by atoms with Gasteiger partial charge in [-0.1, -0.05) is 39.7 Å². The molecule has 0 fully saturated rings. The lowest BCUT2D eigenvalue weighted by atomic mass is 10.1. The largest absolute Gasteiger partial charge is 0.325 e. The zero-order valence-electron chi connectivity index (χ0n) is 9.79. The van der Waals surface area contributed by atoms with Crippen molar-refractivity contribution in [2.24, 2.45) is 0 Å². The van der Waals surface area contributed by atoms with E-state index in [1.165, 1.54) is 0 Å². The maximum atomic E-state index is 12.0. The zero-order chi connectivity index (χ0) is 13.8. The fourth-order valence-corrected chi connectivity index (χ4v) is 2.53. The number of amides is 1. The summed E-state index contributed by atoms with van der Waals surface area (Å²) in [6.45, 7) is 0. The van der Waals surface area contributed by atoms with Crippen LogP contribution >= 0.6 is 50.1 Å². The molecule has 0 saturated heterocycles. The number of hydrogen-bond acceptors (Lipinski definition) is 1. The van der Waals surface area contributed by atoms with Crippen LogP contribution in [-0.2, 0) is 11.2 Å². The fourth-order valence-electron chi connectivity index (χ4n) is 1.58. The van der Waals surface area contributed by atoms with Crippen LogP contribution in [0.5, 0.6) is 0 Å². The van der Waals surface area contributed by atoms with Gasteiger partial charge in [0.25, 0.3) is 0 Å². The minimum Gasteiger partial charge on any atom is -0.325 e. The maximum Gasteiger partial charge on any atom is 0.228 e. The van der Waals surface area contributed by atoms with Gasteiger partial charge in [0.15, 0.2) is 0 Å². The van der Waals surface area contributed by atoms with E-state index in [0.717, 1.165) is 19.3 Å². The van der Waals surface area contributed by atoms with Crippen molar-refractivity contribution in [3.63, 3.8) is 0 Å². The average molecular weight is 451 g/mol. The predicted molar refractivity (Wildman–Crippen MR) is 90.6 cm³/mol. The molecular formula is C14H10BrClINO. The first kappa shape index (κ1) is 14.8. The van der Waals surface area contributed by atoms with Crippen LogP contribution in [0.2, 0.25) is 5.02 Å². The summed E-state index contributed by atoms with van der Waals surface area (Å²) in [6.07, 6.45) is 0.333. The molecule has 0 bridgehead atoms. The van der Waals surface area contributed by atoms with Crippen molar-refractivity contribution in [2.45, 2.75) is 6.42 Å². The molecule has 0 unspecified atom stereocenters. The predicted octanol–water partition coefficient (Wildman–Crippen LogP) is 4.89. The van der Waals surface area contributed by atoms with Gasteiger partial charge in [-0.3, -0.25) is 4.79 Å². The lowest BCUT2D eigenvalue weighted by molar-refractivity contribution is -0.115. The molecule has 0 spiro atoms. The number of anilines is 1. The van der Waals surface area contributed by atoms with E-state index < -0.39 is 0 Å². The lowest BCUT2D eigenvalue weighted by Crippen LogP contribution is -2.15. The molecule has 2 rings (SSSR count). The Balaban J connectivity index is 2.05. The Labute approximate surface area is 138 Å². The van der Waals surface area contributed by atoms with Crippen LogP contribution in [0.4, 0.5) is 5.69 Å². The van der Waals surface area contributed by atoms with Crippen molar-refractivity contribution >= 4 is 61.7 Å². The highest BCUT2D eigenvalue weighted by Crippen LogP contribution is 2.23. The van der Waals surface area contributed by atoms with E-state index in [1.807, 2.05) is 30.3 Å². The van der Waals surface area contributed by atoms with E-state index in [9.17, 15) is 4.79 Å². The number of nitrogens with one attached hydrogen (secondary N) is 1. The van der Waals surface area contributed by atoms with Gasteiger partial charge in [0.2, 0.25) is 5.91 Å². The first-order valence-electron chi connectivity index (χ1n) is 5.54. The number of benzene rings is 2. The van der Waals surface area contributed by atoms with Crippen molar-refractivity contribution in [3.8, 4) is 0 Å². The summed E-state index contributed by atoms with van der Waals surface area (Å²) in [5, 5.41) is 3.58. The molecule has 2 nitrogen and oxygen atoms in total. The fraction of sp³-hybridized carbons (Fsp3) is 0.0714. The number of hydrogen-bond donors (Lipinski definition) is 1. The molecular weight excluding hydrogens is 440 g/mol. The molecule has 2 aromatic carbocycles. The third-order valence-corrected chi connectivity index (χ3v) is 4.17. The molecule has 98 valence electrons. The summed E-state index contributed by atoms with van der Waals surface area (Å²) < 4.78 is 1.94. The van der Waals surface area contributed by atoms with Crippen LogP contribution in [0.1, 0.15) is 5.56 Å². The van der Waals surface area contributed by atoms with Gasteiger partial charge in [-0.25, -0.2) is 0 Å². The lowest BCUT2D eigenvalue weighted by Gasteiger charge is -2.08. The van der Waals surface area contributed by atoms with Crippen molar-refractivity contribution in [2.75, 3.05) is 5.32 Å². The van der Waals surface area contributed by atoms with Gasteiger partial charge in [-0.15, -0.1) is 0 Å². The highest BCUT2D eigenvalue weighted by atomic mass is 127. The average Bonchev–Trinajstić information content (AvgIpc) is 2.37. The second-order valence-corrected chi connectivity index (χ2v) is 6.49. The summed E-state index contributed by atoms with van der Waals surface area (Å²) in [7, 11) is 0. The Morgan fingerprint density at radius 3 is 2.58 bits per heavy atom. The molecule has 5 heteroatoms. The van der Waals surface area contributed by atoms with Gasteiger partial charge >= 0.3 is 0 Å². The van der Waals surface area contributed by atoms with Crippen molar-refractivity contribution in [1.29, 1.82) is 0 Å². The first-order valence-corrected chi connectivity index (χ1v) is 7.79. The van der Waals surface area contributed by atoms with Crippen LogP contribution < -0.4 is 5.32 Å². The number of rotatable bonds is 3. The Kier molecular flexibility index (Phi) is 5.24. The van der Waals surface area contributed by atoms with Gasteiger partial charge in [0.05, 0.1) is 12.1 Å². The molecule has 19 heavy (non-hydrogen) atoms. The smallest absolute Gasteiger partial charge is 0.228 e. The normalized spacial score (nSPS) is 10.3. The quantitative estimate of drug-likeness (QED) is 0.663. The third kappa shape index (κ3) is 4.47. The Bertz CT molecular complexity index is 601. The standard InChI is InChI=1S/C14H10BrClINO/c15-10-3-6-12(17)13(8-10)18-14(19)7-9-1-4-11(16)5-2-9/h1-6,8H,7H2,(H,18,19).